The molecule has 0 aliphatic rings. The van der Waals surface area contributed by atoms with Gasteiger partial charge < -0.3 is 10.1 Å². The number of amides is 1. The quantitative estimate of drug-likeness (QED) is 0.859. The summed E-state index contributed by atoms with van der Waals surface area (Å²) in [5, 5.41) is 3.20. The Bertz CT molecular complexity index is 661. The maximum absolute atomic E-state index is 12.1. The smallest absolute Gasteiger partial charge is 0.328 e. The highest BCUT2D eigenvalue weighted by Gasteiger charge is 2.23. The third-order valence-corrected chi connectivity index (χ3v) is 3.25. The second-order valence-electron chi connectivity index (χ2n) is 4.60. The summed E-state index contributed by atoms with van der Waals surface area (Å²) in [7, 11) is 1.28. The highest BCUT2D eigenvalue weighted by molar-refractivity contribution is 6.30. The van der Waals surface area contributed by atoms with E-state index in [0.717, 1.165) is 5.56 Å². The maximum atomic E-state index is 12.1. The van der Waals surface area contributed by atoms with E-state index in [1.54, 1.807) is 36.4 Å². The Morgan fingerprint density at radius 1 is 1.27 bits per heavy atom. The molecule has 0 fully saturated rings. The molecule has 0 bridgehead atoms. The van der Waals surface area contributed by atoms with E-state index in [9.17, 15) is 9.59 Å². The Kier molecular flexibility index (Phi) is 5.49. The van der Waals surface area contributed by atoms with Crippen LogP contribution < -0.4 is 5.32 Å². The Labute approximate surface area is 133 Å². The lowest BCUT2D eigenvalue weighted by molar-refractivity contribution is -0.142. The topological polar surface area (TPSA) is 68.3 Å². The normalized spacial score (nSPS) is 11.5. The molecule has 1 atom stereocenters. The molecule has 114 valence electrons. The van der Waals surface area contributed by atoms with Gasteiger partial charge in [-0.2, -0.15) is 0 Å². The Morgan fingerprint density at radius 2 is 2.09 bits per heavy atom. The van der Waals surface area contributed by atoms with Crippen molar-refractivity contribution < 1.29 is 14.3 Å². The van der Waals surface area contributed by atoms with Gasteiger partial charge in [-0.1, -0.05) is 29.8 Å². The average molecular weight is 319 g/mol. The van der Waals surface area contributed by atoms with Gasteiger partial charge >= 0.3 is 5.97 Å². The first kappa shape index (κ1) is 16.0. The van der Waals surface area contributed by atoms with E-state index in [2.05, 4.69) is 10.3 Å². The van der Waals surface area contributed by atoms with E-state index in [-0.39, 0.29) is 12.1 Å². The molecule has 6 heteroatoms. The first-order valence-corrected chi connectivity index (χ1v) is 7.02. The number of aromatic nitrogens is 1. The number of rotatable bonds is 5. The molecule has 1 heterocycles. The number of ether oxygens (including phenoxy) is 1. The van der Waals surface area contributed by atoms with Crippen LogP contribution in [-0.4, -0.2) is 30.0 Å². The number of hydrogen-bond donors (Lipinski definition) is 1. The Hall–Kier alpha value is -2.40. The SMILES string of the molecule is COC(=O)[C@@H](Cc1cccc(Cl)c1)NC(=O)c1ccccn1. The van der Waals surface area contributed by atoms with Crippen LogP contribution in [0.4, 0.5) is 0 Å². The fourth-order valence-electron chi connectivity index (χ4n) is 1.96. The highest BCUT2D eigenvalue weighted by Crippen LogP contribution is 2.13. The second kappa shape index (κ2) is 7.56. The average Bonchev–Trinajstić information content (AvgIpc) is 2.54. The van der Waals surface area contributed by atoms with Crippen LogP contribution in [0.25, 0.3) is 0 Å². The molecule has 0 unspecified atom stereocenters. The van der Waals surface area contributed by atoms with Crippen molar-refractivity contribution in [3.05, 3.63) is 64.9 Å². The third-order valence-electron chi connectivity index (χ3n) is 3.02. The molecule has 0 aliphatic heterocycles. The van der Waals surface area contributed by atoms with E-state index in [1.165, 1.54) is 13.3 Å². The number of esters is 1. The van der Waals surface area contributed by atoms with Crippen molar-refractivity contribution in [1.82, 2.24) is 10.3 Å². The summed E-state index contributed by atoms with van der Waals surface area (Å²) >= 11 is 5.93. The van der Waals surface area contributed by atoms with Crippen LogP contribution in [0.3, 0.4) is 0 Å². The minimum atomic E-state index is -0.807. The molecule has 2 rings (SSSR count). The van der Waals surface area contributed by atoms with Crippen molar-refractivity contribution in [3.8, 4) is 0 Å². The Morgan fingerprint density at radius 3 is 2.73 bits per heavy atom. The molecule has 0 saturated carbocycles. The van der Waals surface area contributed by atoms with E-state index in [1.807, 2.05) is 6.07 Å². The molecular formula is C16H15ClN2O3. The molecule has 1 N–H and O–H groups in total. The van der Waals surface area contributed by atoms with Crippen LogP contribution in [0.2, 0.25) is 5.02 Å². The largest absolute Gasteiger partial charge is 0.467 e. The minimum absolute atomic E-state index is 0.238. The van der Waals surface area contributed by atoms with Crippen LogP contribution in [0.1, 0.15) is 16.1 Å². The molecule has 1 aromatic heterocycles. The predicted octanol–water partition coefficient (Wildman–Crippen LogP) is 2.25. The van der Waals surface area contributed by atoms with Crippen LogP contribution in [0.5, 0.6) is 0 Å². The van der Waals surface area contributed by atoms with Crippen molar-refractivity contribution in [1.29, 1.82) is 0 Å². The number of nitrogens with one attached hydrogen (secondary N) is 1. The van der Waals surface area contributed by atoms with Gasteiger partial charge in [-0.3, -0.25) is 9.78 Å². The standard InChI is InChI=1S/C16H15ClN2O3/c1-22-16(21)14(10-11-5-4-6-12(17)9-11)19-15(20)13-7-2-3-8-18-13/h2-9,14H,10H2,1H3,(H,19,20)/t14-/m1/s1. The predicted molar refractivity (Wildman–Crippen MR) is 82.7 cm³/mol. The van der Waals surface area contributed by atoms with E-state index in [0.29, 0.717) is 5.02 Å². The molecule has 22 heavy (non-hydrogen) atoms. The molecule has 2 aromatic rings. The van der Waals surface area contributed by atoms with Crippen molar-refractivity contribution in [3.63, 3.8) is 0 Å². The lowest BCUT2D eigenvalue weighted by Crippen LogP contribution is -2.43. The molecule has 0 radical (unpaired) electrons. The first-order valence-electron chi connectivity index (χ1n) is 6.64. The number of carbonyl (C=O) groups is 2. The number of halogens is 1. The summed E-state index contributed by atoms with van der Waals surface area (Å²) in [6.07, 6.45) is 1.80. The highest BCUT2D eigenvalue weighted by atomic mass is 35.5. The minimum Gasteiger partial charge on any atom is -0.467 e. The third kappa shape index (κ3) is 4.30. The molecule has 0 spiro atoms. The van der Waals surface area contributed by atoms with Gasteiger partial charge in [0, 0.05) is 17.6 Å². The summed E-state index contributed by atoms with van der Waals surface area (Å²) < 4.78 is 4.74. The summed E-state index contributed by atoms with van der Waals surface area (Å²) in [5.74, 6) is -0.956. The van der Waals surface area contributed by atoms with Crippen molar-refractivity contribution >= 4 is 23.5 Å². The van der Waals surface area contributed by atoms with Crippen LogP contribution in [0.15, 0.2) is 48.7 Å². The number of benzene rings is 1. The molecular weight excluding hydrogens is 304 g/mol. The van der Waals surface area contributed by atoms with Gasteiger partial charge in [-0.15, -0.1) is 0 Å². The number of pyridine rings is 1. The van der Waals surface area contributed by atoms with Crippen LogP contribution in [-0.2, 0) is 16.0 Å². The van der Waals surface area contributed by atoms with Crippen molar-refractivity contribution in [2.45, 2.75) is 12.5 Å². The van der Waals surface area contributed by atoms with Gasteiger partial charge in [0.1, 0.15) is 11.7 Å². The van der Waals surface area contributed by atoms with Gasteiger partial charge in [0.05, 0.1) is 7.11 Å². The van der Waals surface area contributed by atoms with Gasteiger partial charge in [0.2, 0.25) is 0 Å². The fourth-order valence-corrected chi connectivity index (χ4v) is 2.18. The van der Waals surface area contributed by atoms with E-state index in [4.69, 9.17) is 16.3 Å². The lowest BCUT2D eigenvalue weighted by atomic mass is 10.1. The number of carbonyl (C=O) groups excluding carboxylic acids is 2. The summed E-state index contributed by atoms with van der Waals surface area (Å²) in [6, 6.07) is 11.3. The zero-order valence-corrected chi connectivity index (χ0v) is 12.7. The molecule has 0 aliphatic carbocycles. The molecule has 0 saturated heterocycles. The molecule has 5 nitrogen and oxygen atoms in total. The fraction of sp³-hybridized carbons (Fsp3) is 0.188. The van der Waals surface area contributed by atoms with E-state index >= 15 is 0 Å². The lowest BCUT2D eigenvalue weighted by Gasteiger charge is -2.16. The first-order chi connectivity index (χ1) is 10.6. The second-order valence-corrected chi connectivity index (χ2v) is 5.03. The van der Waals surface area contributed by atoms with Crippen molar-refractivity contribution in [2.75, 3.05) is 7.11 Å². The maximum Gasteiger partial charge on any atom is 0.328 e. The summed E-state index contributed by atoms with van der Waals surface area (Å²) in [6.45, 7) is 0. The number of nitrogens with zero attached hydrogens (tertiary/aromatic N) is 1. The zero-order valence-electron chi connectivity index (χ0n) is 12.0. The summed E-state index contributed by atoms with van der Waals surface area (Å²) in [4.78, 5) is 28.0. The van der Waals surface area contributed by atoms with Crippen LogP contribution >= 0.6 is 11.6 Å². The van der Waals surface area contributed by atoms with Gasteiger partial charge in [0.25, 0.3) is 5.91 Å². The van der Waals surface area contributed by atoms with Gasteiger partial charge in [0.15, 0.2) is 0 Å². The Balaban J connectivity index is 2.13. The van der Waals surface area contributed by atoms with Crippen molar-refractivity contribution in [2.24, 2.45) is 0 Å². The molecule has 1 aromatic carbocycles. The number of hydrogen-bond acceptors (Lipinski definition) is 4. The van der Waals surface area contributed by atoms with Crippen LogP contribution in [0, 0.1) is 0 Å². The van der Waals surface area contributed by atoms with Gasteiger partial charge in [-0.25, -0.2) is 4.79 Å². The zero-order chi connectivity index (χ0) is 15.9. The number of methoxy groups -OCH3 is 1. The van der Waals surface area contributed by atoms with E-state index < -0.39 is 17.9 Å². The monoisotopic (exact) mass is 318 g/mol. The van der Waals surface area contributed by atoms with Gasteiger partial charge in [-0.05, 0) is 29.8 Å². The summed E-state index contributed by atoms with van der Waals surface area (Å²) in [5.41, 5.74) is 1.06. The molecule has 1 amide bonds.